The van der Waals surface area contributed by atoms with E-state index in [-0.39, 0.29) is 18.4 Å². The van der Waals surface area contributed by atoms with Crippen LogP contribution in [0.2, 0.25) is 0 Å². The summed E-state index contributed by atoms with van der Waals surface area (Å²) in [5, 5.41) is 3.99. The summed E-state index contributed by atoms with van der Waals surface area (Å²) in [5.41, 5.74) is 5.77. The average Bonchev–Trinajstić information content (AvgIpc) is 2.80. The van der Waals surface area contributed by atoms with Crippen molar-refractivity contribution in [2.24, 2.45) is 5.10 Å². The Morgan fingerprint density at radius 2 is 1.84 bits per heavy atom. The number of amides is 2. The van der Waals surface area contributed by atoms with E-state index >= 15 is 0 Å². The summed E-state index contributed by atoms with van der Waals surface area (Å²) in [5.74, 6) is 1.55. The zero-order valence-electron chi connectivity index (χ0n) is 17.6. The summed E-state index contributed by atoms with van der Waals surface area (Å²) in [6.07, 6.45) is 1.57. The third kappa shape index (κ3) is 8.07. The molecule has 1 N–H and O–H groups in total. The van der Waals surface area contributed by atoms with Crippen molar-refractivity contribution in [3.63, 3.8) is 0 Å². The number of benzene rings is 2. The molecule has 2 aromatic carbocycles. The molecule has 7 nitrogen and oxygen atoms in total. The number of hydrogen-bond donors (Lipinski definition) is 1. The van der Waals surface area contributed by atoms with E-state index in [4.69, 9.17) is 9.47 Å². The van der Waals surface area contributed by atoms with Gasteiger partial charge in [-0.05, 0) is 42.3 Å². The summed E-state index contributed by atoms with van der Waals surface area (Å²) in [4.78, 5) is 25.7. The number of aryl methyl sites for hydroxylation is 1. The second-order valence-corrected chi connectivity index (χ2v) is 8.11. The summed E-state index contributed by atoms with van der Waals surface area (Å²) < 4.78 is 10.8. The first kappa shape index (κ1) is 22.8. The van der Waals surface area contributed by atoms with Crippen molar-refractivity contribution in [3.8, 4) is 5.75 Å². The first-order valence-corrected chi connectivity index (χ1v) is 11.3. The summed E-state index contributed by atoms with van der Waals surface area (Å²) in [6, 6.07) is 15.5. The van der Waals surface area contributed by atoms with E-state index in [0.29, 0.717) is 37.8 Å². The molecule has 1 aliphatic heterocycles. The SMILES string of the molecule is Cc1ccc(CSCC(=O)N/N=C\c2ccc(OCC(=O)N3CCOCC3)cc2)cc1. The van der Waals surface area contributed by atoms with Crippen LogP contribution in [0.15, 0.2) is 53.6 Å². The zero-order valence-corrected chi connectivity index (χ0v) is 18.4. The van der Waals surface area contributed by atoms with E-state index in [1.54, 1.807) is 35.0 Å². The highest BCUT2D eigenvalue weighted by Gasteiger charge is 2.17. The average molecular weight is 442 g/mol. The number of carbonyl (C=O) groups is 2. The second-order valence-electron chi connectivity index (χ2n) is 7.12. The lowest BCUT2D eigenvalue weighted by molar-refractivity contribution is -0.137. The molecule has 2 aromatic rings. The van der Waals surface area contributed by atoms with Gasteiger partial charge in [-0.15, -0.1) is 11.8 Å². The monoisotopic (exact) mass is 441 g/mol. The number of hydrazone groups is 1. The van der Waals surface area contributed by atoms with Gasteiger partial charge in [0.25, 0.3) is 5.91 Å². The van der Waals surface area contributed by atoms with Crippen LogP contribution in [0.5, 0.6) is 5.75 Å². The Morgan fingerprint density at radius 3 is 2.55 bits per heavy atom. The van der Waals surface area contributed by atoms with Gasteiger partial charge in [0.05, 0.1) is 25.2 Å². The van der Waals surface area contributed by atoms with Crippen molar-refractivity contribution >= 4 is 29.8 Å². The van der Waals surface area contributed by atoms with Crippen LogP contribution in [0, 0.1) is 6.92 Å². The van der Waals surface area contributed by atoms with Gasteiger partial charge in [0, 0.05) is 18.8 Å². The van der Waals surface area contributed by atoms with Crippen molar-refractivity contribution < 1.29 is 19.1 Å². The number of nitrogens with zero attached hydrogens (tertiary/aromatic N) is 2. The molecular formula is C23H27N3O4S. The highest BCUT2D eigenvalue weighted by atomic mass is 32.2. The van der Waals surface area contributed by atoms with Crippen molar-refractivity contribution in [2.75, 3.05) is 38.7 Å². The molecule has 0 saturated carbocycles. The van der Waals surface area contributed by atoms with Crippen LogP contribution in [0.25, 0.3) is 0 Å². The molecule has 1 saturated heterocycles. The fourth-order valence-electron chi connectivity index (χ4n) is 2.86. The molecule has 31 heavy (non-hydrogen) atoms. The topological polar surface area (TPSA) is 80.2 Å². The molecule has 1 fully saturated rings. The van der Waals surface area contributed by atoms with E-state index in [2.05, 4.69) is 41.7 Å². The van der Waals surface area contributed by atoms with Gasteiger partial charge in [-0.25, -0.2) is 5.43 Å². The Kier molecular flexibility index (Phi) is 8.93. The summed E-state index contributed by atoms with van der Waals surface area (Å²) in [7, 11) is 0. The molecule has 164 valence electrons. The van der Waals surface area contributed by atoms with Crippen LogP contribution in [0.4, 0.5) is 0 Å². The molecule has 0 aromatic heterocycles. The predicted octanol–water partition coefficient (Wildman–Crippen LogP) is 2.62. The number of nitrogens with one attached hydrogen (secondary N) is 1. The smallest absolute Gasteiger partial charge is 0.260 e. The van der Waals surface area contributed by atoms with Gasteiger partial charge in [-0.2, -0.15) is 5.10 Å². The molecule has 0 spiro atoms. The minimum absolute atomic E-state index is 0.00372. The van der Waals surface area contributed by atoms with Crippen molar-refractivity contribution in [2.45, 2.75) is 12.7 Å². The van der Waals surface area contributed by atoms with Crippen molar-refractivity contribution in [3.05, 3.63) is 65.2 Å². The largest absolute Gasteiger partial charge is 0.484 e. The lowest BCUT2D eigenvalue weighted by Gasteiger charge is -2.26. The second kappa shape index (κ2) is 12.1. The maximum atomic E-state index is 12.1. The Labute approximate surface area is 186 Å². The molecule has 0 bridgehead atoms. The molecule has 0 aliphatic carbocycles. The Balaban J connectivity index is 1.34. The normalized spacial score (nSPS) is 13.9. The minimum atomic E-state index is -0.144. The predicted molar refractivity (Wildman–Crippen MR) is 122 cm³/mol. The van der Waals surface area contributed by atoms with E-state index in [9.17, 15) is 9.59 Å². The Morgan fingerprint density at radius 1 is 1.13 bits per heavy atom. The fourth-order valence-corrected chi connectivity index (χ4v) is 3.64. The highest BCUT2D eigenvalue weighted by molar-refractivity contribution is 7.99. The van der Waals surface area contributed by atoms with Gasteiger partial charge in [-0.3, -0.25) is 9.59 Å². The highest BCUT2D eigenvalue weighted by Crippen LogP contribution is 2.13. The molecule has 0 atom stereocenters. The lowest BCUT2D eigenvalue weighted by atomic mass is 10.2. The lowest BCUT2D eigenvalue weighted by Crippen LogP contribution is -2.42. The number of rotatable bonds is 9. The summed E-state index contributed by atoms with van der Waals surface area (Å²) >= 11 is 1.55. The van der Waals surface area contributed by atoms with Gasteiger partial charge >= 0.3 is 0 Å². The molecule has 0 unspecified atom stereocenters. The quantitative estimate of drug-likeness (QED) is 0.478. The molecule has 1 heterocycles. The van der Waals surface area contributed by atoms with Gasteiger partial charge in [0.2, 0.25) is 5.91 Å². The van der Waals surface area contributed by atoms with Crippen LogP contribution in [0.3, 0.4) is 0 Å². The standard InChI is InChI=1S/C23H27N3O4S/c1-18-2-4-20(5-3-18)16-31-17-22(27)25-24-14-19-6-8-21(9-7-19)30-15-23(28)26-10-12-29-13-11-26/h2-9,14H,10-13,15-17H2,1H3,(H,25,27)/b24-14-. The molecule has 1 aliphatic rings. The molecular weight excluding hydrogens is 414 g/mol. The number of ether oxygens (including phenoxy) is 2. The van der Waals surface area contributed by atoms with Crippen molar-refractivity contribution in [1.82, 2.24) is 10.3 Å². The van der Waals surface area contributed by atoms with E-state index in [1.807, 2.05) is 12.1 Å². The Hall–Kier alpha value is -2.84. The van der Waals surface area contributed by atoms with Crippen LogP contribution < -0.4 is 10.2 Å². The molecule has 0 radical (unpaired) electrons. The van der Waals surface area contributed by atoms with E-state index < -0.39 is 0 Å². The number of thioether (sulfide) groups is 1. The first-order valence-electron chi connectivity index (χ1n) is 10.1. The number of hydrogen-bond acceptors (Lipinski definition) is 6. The fraction of sp³-hybridized carbons (Fsp3) is 0.348. The van der Waals surface area contributed by atoms with Crippen LogP contribution in [0.1, 0.15) is 16.7 Å². The third-order valence-electron chi connectivity index (χ3n) is 4.63. The van der Waals surface area contributed by atoms with Gasteiger partial charge in [0.15, 0.2) is 6.61 Å². The molecule has 8 heteroatoms. The van der Waals surface area contributed by atoms with Crippen molar-refractivity contribution in [1.29, 1.82) is 0 Å². The van der Waals surface area contributed by atoms with E-state index in [0.717, 1.165) is 11.3 Å². The maximum Gasteiger partial charge on any atom is 0.260 e. The van der Waals surface area contributed by atoms with E-state index in [1.165, 1.54) is 11.1 Å². The Bertz CT molecular complexity index is 879. The summed E-state index contributed by atoms with van der Waals surface area (Å²) in [6.45, 7) is 4.41. The van der Waals surface area contributed by atoms with Crippen LogP contribution >= 0.6 is 11.8 Å². The molecule has 3 rings (SSSR count). The first-order chi connectivity index (χ1) is 15.1. The maximum absolute atomic E-state index is 12.1. The number of carbonyl (C=O) groups excluding carboxylic acids is 2. The van der Waals surface area contributed by atoms with Gasteiger partial charge in [-0.1, -0.05) is 29.8 Å². The molecule has 2 amide bonds. The number of morpholine rings is 1. The third-order valence-corrected chi connectivity index (χ3v) is 5.64. The zero-order chi connectivity index (χ0) is 21.9. The van der Waals surface area contributed by atoms with Crippen LogP contribution in [-0.4, -0.2) is 61.6 Å². The van der Waals surface area contributed by atoms with Gasteiger partial charge < -0.3 is 14.4 Å². The van der Waals surface area contributed by atoms with Gasteiger partial charge in [0.1, 0.15) is 5.75 Å². The van der Waals surface area contributed by atoms with Crippen LogP contribution in [-0.2, 0) is 20.1 Å². The minimum Gasteiger partial charge on any atom is -0.484 e.